The maximum Gasteiger partial charge on any atom is 0.123 e. The van der Waals surface area contributed by atoms with E-state index in [9.17, 15) is 0 Å². The number of halogens is 1. The smallest absolute Gasteiger partial charge is 0.123 e. The summed E-state index contributed by atoms with van der Waals surface area (Å²) in [5, 5.41) is 3.47. The molecular weight excluding hydrogens is 316 g/mol. The van der Waals surface area contributed by atoms with E-state index in [1.165, 1.54) is 24.9 Å². The zero-order chi connectivity index (χ0) is 13.9. The van der Waals surface area contributed by atoms with Gasteiger partial charge in [0.2, 0.25) is 0 Å². The molecule has 3 rings (SSSR count). The van der Waals surface area contributed by atoms with Crippen LogP contribution in [0.2, 0.25) is 0 Å². The van der Waals surface area contributed by atoms with E-state index in [-0.39, 0.29) is 0 Å². The summed E-state index contributed by atoms with van der Waals surface area (Å²) in [6.07, 6.45) is 3.83. The van der Waals surface area contributed by atoms with Gasteiger partial charge in [-0.1, -0.05) is 22.9 Å². The zero-order valence-electron chi connectivity index (χ0n) is 12.1. The van der Waals surface area contributed by atoms with Crippen LogP contribution in [0.4, 0.5) is 0 Å². The van der Waals surface area contributed by atoms with E-state index >= 15 is 0 Å². The van der Waals surface area contributed by atoms with Crippen molar-refractivity contribution >= 4 is 15.9 Å². The molecule has 1 saturated heterocycles. The molecule has 4 heteroatoms. The van der Waals surface area contributed by atoms with Crippen LogP contribution in [0.3, 0.4) is 0 Å². The Labute approximate surface area is 129 Å². The number of ether oxygens (including phenoxy) is 1. The van der Waals surface area contributed by atoms with Crippen molar-refractivity contribution < 1.29 is 4.74 Å². The molecule has 0 bridgehead atoms. The quantitative estimate of drug-likeness (QED) is 0.893. The van der Waals surface area contributed by atoms with Crippen LogP contribution in [0.15, 0.2) is 22.7 Å². The predicted octanol–water partition coefficient (Wildman–Crippen LogP) is 2.83. The van der Waals surface area contributed by atoms with Crippen LogP contribution in [0.25, 0.3) is 0 Å². The molecule has 0 aromatic heterocycles. The number of benzene rings is 1. The van der Waals surface area contributed by atoms with Crippen LogP contribution in [0.5, 0.6) is 5.75 Å². The average Bonchev–Trinajstić information content (AvgIpc) is 3.06. The SMILES string of the molecule is CCCN(CC1Cc2cc(Br)ccc2O1)C1CCNC1. The molecule has 2 atom stereocenters. The first kappa shape index (κ1) is 14.4. The minimum atomic E-state index is 0.312. The standard InChI is InChI=1S/C16H23BrN2O/c1-2-7-19(14-5-6-18-10-14)11-15-9-12-8-13(17)3-4-16(12)20-15/h3-4,8,14-15,18H,2,5-7,9-11H2,1H3. The van der Waals surface area contributed by atoms with Gasteiger partial charge in [0, 0.05) is 30.0 Å². The summed E-state index contributed by atoms with van der Waals surface area (Å²) in [7, 11) is 0. The van der Waals surface area contributed by atoms with Gasteiger partial charge in [-0.15, -0.1) is 0 Å². The second kappa shape index (κ2) is 6.46. The van der Waals surface area contributed by atoms with Crippen molar-refractivity contribution in [3.8, 4) is 5.75 Å². The van der Waals surface area contributed by atoms with E-state index in [4.69, 9.17) is 4.74 Å². The van der Waals surface area contributed by atoms with Gasteiger partial charge in [0.25, 0.3) is 0 Å². The molecule has 3 nitrogen and oxygen atoms in total. The van der Waals surface area contributed by atoms with Crippen LogP contribution in [-0.2, 0) is 6.42 Å². The van der Waals surface area contributed by atoms with Crippen molar-refractivity contribution in [3.63, 3.8) is 0 Å². The fourth-order valence-corrected chi connectivity index (χ4v) is 3.72. The van der Waals surface area contributed by atoms with Crippen LogP contribution in [0, 0.1) is 0 Å². The highest BCUT2D eigenvalue weighted by Gasteiger charge is 2.29. The molecule has 2 unspecified atom stereocenters. The lowest BCUT2D eigenvalue weighted by Crippen LogP contribution is -2.43. The minimum Gasteiger partial charge on any atom is -0.488 e. The number of rotatable bonds is 5. The Morgan fingerprint density at radius 3 is 3.10 bits per heavy atom. The fraction of sp³-hybridized carbons (Fsp3) is 0.625. The predicted molar refractivity (Wildman–Crippen MR) is 85.4 cm³/mol. The minimum absolute atomic E-state index is 0.312. The van der Waals surface area contributed by atoms with Crippen LogP contribution < -0.4 is 10.1 Å². The summed E-state index contributed by atoms with van der Waals surface area (Å²) in [4.78, 5) is 2.62. The molecule has 20 heavy (non-hydrogen) atoms. The Kier molecular flexibility index (Phi) is 4.64. The summed E-state index contributed by atoms with van der Waals surface area (Å²) in [6, 6.07) is 7.03. The molecule has 2 heterocycles. The zero-order valence-corrected chi connectivity index (χ0v) is 13.7. The average molecular weight is 339 g/mol. The summed E-state index contributed by atoms with van der Waals surface area (Å²) in [5.74, 6) is 1.07. The number of fused-ring (bicyclic) bond motifs is 1. The van der Waals surface area contributed by atoms with Crippen LogP contribution in [0.1, 0.15) is 25.3 Å². The highest BCUT2D eigenvalue weighted by atomic mass is 79.9. The van der Waals surface area contributed by atoms with Crippen molar-refractivity contribution in [2.45, 2.75) is 38.3 Å². The largest absolute Gasteiger partial charge is 0.488 e. The van der Waals surface area contributed by atoms with Gasteiger partial charge in [-0.05, 0) is 49.7 Å². The van der Waals surface area contributed by atoms with Crippen LogP contribution >= 0.6 is 15.9 Å². The summed E-state index contributed by atoms with van der Waals surface area (Å²) in [5.41, 5.74) is 1.34. The van der Waals surface area contributed by atoms with Gasteiger partial charge in [0.05, 0.1) is 0 Å². The van der Waals surface area contributed by atoms with Gasteiger partial charge >= 0.3 is 0 Å². The molecule has 0 saturated carbocycles. The number of hydrogen-bond donors (Lipinski definition) is 1. The third-order valence-electron chi connectivity index (χ3n) is 4.26. The molecule has 0 amide bonds. The summed E-state index contributed by atoms with van der Waals surface area (Å²) < 4.78 is 7.26. The molecule has 0 aliphatic carbocycles. The van der Waals surface area contributed by atoms with E-state index in [2.05, 4.69) is 51.3 Å². The Balaban J connectivity index is 1.62. The highest BCUT2D eigenvalue weighted by molar-refractivity contribution is 9.10. The molecule has 1 aromatic carbocycles. The molecule has 0 spiro atoms. The van der Waals surface area contributed by atoms with E-state index in [1.807, 2.05) is 0 Å². The van der Waals surface area contributed by atoms with Crippen molar-refractivity contribution in [1.29, 1.82) is 0 Å². The van der Waals surface area contributed by atoms with Gasteiger partial charge < -0.3 is 10.1 Å². The number of hydrogen-bond acceptors (Lipinski definition) is 3. The highest BCUT2D eigenvalue weighted by Crippen LogP contribution is 2.31. The van der Waals surface area contributed by atoms with Crippen LogP contribution in [-0.4, -0.2) is 43.2 Å². The Bertz CT molecular complexity index is 460. The third kappa shape index (κ3) is 3.18. The Hall–Kier alpha value is -0.580. The monoisotopic (exact) mass is 338 g/mol. The molecule has 1 fully saturated rings. The maximum atomic E-state index is 6.12. The topological polar surface area (TPSA) is 24.5 Å². The molecule has 1 aromatic rings. The van der Waals surface area contributed by atoms with Crippen molar-refractivity contribution in [1.82, 2.24) is 10.2 Å². The van der Waals surface area contributed by atoms with Gasteiger partial charge in [-0.25, -0.2) is 0 Å². The van der Waals surface area contributed by atoms with E-state index < -0.39 is 0 Å². The van der Waals surface area contributed by atoms with Crippen molar-refractivity contribution in [3.05, 3.63) is 28.2 Å². The second-order valence-electron chi connectivity index (χ2n) is 5.84. The van der Waals surface area contributed by atoms with Gasteiger partial charge in [-0.2, -0.15) is 0 Å². The maximum absolute atomic E-state index is 6.12. The molecule has 2 aliphatic heterocycles. The lowest BCUT2D eigenvalue weighted by Gasteiger charge is -2.30. The normalized spacial score (nSPS) is 24.9. The number of nitrogens with one attached hydrogen (secondary N) is 1. The summed E-state index contributed by atoms with van der Waals surface area (Å²) >= 11 is 3.54. The van der Waals surface area contributed by atoms with E-state index in [0.29, 0.717) is 12.1 Å². The number of nitrogens with zero attached hydrogens (tertiary/aromatic N) is 1. The Morgan fingerprint density at radius 2 is 2.35 bits per heavy atom. The Morgan fingerprint density at radius 1 is 1.45 bits per heavy atom. The molecule has 110 valence electrons. The van der Waals surface area contributed by atoms with E-state index in [0.717, 1.165) is 36.3 Å². The first-order valence-corrected chi connectivity index (χ1v) is 8.45. The lowest BCUT2D eigenvalue weighted by atomic mass is 10.1. The fourth-order valence-electron chi connectivity index (χ4n) is 3.31. The van der Waals surface area contributed by atoms with Gasteiger partial charge in [0.15, 0.2) is 0 Å². The second-order valence-corrected chi connectivity index (χ2v) is 6.75. The molecule has 1 N–H and O–H groups in total. The third-order valence-corrected chi connectivity index (χ3v) is 4.76. The lowest BCUT2D eigenvalue weighted by molar-refractivity contribution is 0.121. The first-order chi connectivity index (χ1) is 9.76. The molecule has 2 aliphatic rings. The van der Waals surface area contributed by atoms with Crippen molar-refractivity contribution in [2.75, 3.05) is 26.2 Å². The van der Waals surface area contributed by atoms with E-state index in [1.54, 1.807) is 0 Å². The molecule has 0 radical (unpaired) electrons. The van der Waals surface area contributed by atoms with Crippen molar-refractivity contribution in [2.24, 2.45) is 0 Å². The summed E-state index contributed by atoms with van der Waals surface area (Å²) in [6.45, 7) is 6.77. The van der Waals surface area contributed by atoms with Gasteiger partial charge in [-0.3, -0.25) is 4.90 Å². The van der Waals surface area contributed by atoms with Gasteiger partial charge in [0.1, 0.15) is 11.9 Å². The molecular formula is C16H23BrN2O. The first-order valence-electron chi connectivity index (χ1n) is 7.66.